The fourth-order valence-corrected chi connectivity index (χ4v) is 7.03. The highest BCUT2D eigenvalue weighted by atomic mass is 16.5. The van der Waals surface area contributed by atoms with Gasteiger partial charge in [0.1, 0.15) is 17.2 Å². The minimum absolute atomic E-state index is 0.252. The number of benzene rings is 3. The van der Waals surface area contributed by atoms with Crippen LogP contribution in [0.5, 0.6) is 5.75 Å². The number of nitrogens with zero attached hydrogens (tertiary/aromatic N) is 2. The van der Waals surface area contributed by atoms with Crippen LogP contribution in [-0.2, 0) is 10.2 Å². The maximum absolute atomic E-state index is 14.8. The van der Waals surface area contributed by atoms with Gasteiger partial charge in [0, 0.05) is 40.5 Å². The number of fused-ring (bicyclic) bond motifs is 6. The molecule has 202 valence electrons. The van der Waals surface area contributed by atoms with E-state index in [1.54, 1.807) is 55.9 Å². The summed E-state index contributed by atoms with van der Waals surface area (Å²) in [7, 11) is 1.55. The van der Waals surface area contributed by atoms with E-state index in [1.165, 1.54) is 0 Å². The number of pyridine rings is 1. The van der Waals surface area contributed by atoms with Gasteiger partial charge in [0.25, 0.3) is 0 Å². The number of ketones is 2. The van der Waals surface area contributed by atoms with Gasteiger partial charge in [0.05, 0.1) is 19.1 Å². The number of carbonyl (C=O) groups excluding carboxylic acids is 3. The molecule has 0 saturated carbocycles. The van der Waals surface area contributed by atoms with Gasteiger partial charge in [-0.05, 0) is 54.5 Å². The molecule has 1 N–H and O–H groups in total. The van der Waals surface area contributed by atoms with E-state index < -0.39 is 23.4 Å². The zero-order chi connectivity index (χ0) is 28.3. The van der Waals surface area contributed by atoms with E-state index in [9.17, 15) is 14.4 Å². The summed E-state index contributed by atoms with van der Waals surface area (Å²) in [6.07, 6.45) is 5.17. The van der Waals surface area contributed by atoms with Crippen molar-refractivity contribution in [3.8, 4) is 5.75 Å². The topological polar surface area (TPSA) is 88.6 Å². The van der Waals surface area contributed by atoms with Crippen LogP contribution >= 0.6 is 0 Å². The third kappa shape index (κ3) is 3.45. The lowest BCUT2D eigenvalue weighted by Crippen LogP contribution is -2.51. The third-order valence-electron chi connectivity index (χ3n) is 8.75. The molecule has 0 bridgehead atoms. The van der Waals surface area contributed by atoms with Crippen molar-refractivity contribution in [2.45, 2.75) is 24.4 Å². The van der Waals surface area contributed by atoms with Crippen molar-refractivity contribution in [2.75, 3.05) is 17.3 Å². The largest absolute Gasteiger partial charge is 0.497 e. The molecule has 0 unspecified atom stereocenters. The molecular formula is C34H27N3O4. The predicted octanol–water partition coefficient (Wildman–Crippen LogP) is 5.34. The van der Waals surface area contributed by atoms with Gasteiger partial charge in [-0.2, -0.15) is 0 Å². The van der Waals surface area contributed by atoms with Gasteiger partial charge in [-0.1, -0.05) is 54.6 Å². The van der Waals surface area contributed by atoms with Gasteiger partial charge >= 0.3 is 0 Å². The lowest BCUT2D eigenvalue weighted by Gasteiger charge is -2.39. The second-order valence-electron chi connectivity index (χ2n) is 10.7. The van der Waals surface area contributed by atoms with Gasteiger partial charge in [-0.3, -0.25) is 19.4 Å². The Morgan fingerprint density at radius 3 is 2.46 bits per heavy atom. The Hall–Kier alpha value is -5.04. The van der Waals surface area contributed by atoms with Crippen molar-refractivity contribution in [3.05, 3.63) is 126 Å². The lowest BCUT2D eigenvalue weighted by molar-refractivity contribution is -0.121. The molecule has 1 fully saturated rings. The van der Waals surface area contributed by atoms with Crippen LogP contribution in [0, 0.1) is 5.92 Å². The number of rotatable bonds is 5. The Bertz CT molecular complexity index is 1760. The molecule has 7 heteroatoms. The fraction of sp³-hybridized carbons (Fsp3) is 0.176. The number of hydrogen-bond donors (Lipinski definition) is 1. The standard InChI is InChI=1S/C34H27N3O4/c1-20-18-28-34(25-11-4-5-12-26(25)36-33(34)40)29(31(38)21-14-16-35-17-15-21)30(37(28)27-13-6-3-10-24(20)27)32(39)22-8-7-9-23(19-22)41-2/h3-19,28-30H,1-2H3,(H,36,40)/t28-,29-,30+,34+/m0/s1. The molecule has 3 aliphatic rings. The van der Waals surface area contributed by atoms with Crippen LogP contribution in [0.1, 0.15) is 38.8 Å². The first-order chi connectivity index (χ1) is 20.0. The molecule has 3 aromatic carbocycles. The van der Waals surface area contributed by atoms with E-state index in [2.05, 4.69) is 16.4 Å². The van der Waals surface area contributed by atoms with Crippen molar-refractivity contribution in [3.63, 3.8) is 0 Å². The normalized spacial score (nSPS) is 23.8. The summed E-state index contributed by atoms with van der Waals surface area (Å²) in [5.74, 6) is -1.31. The van der Waals surface area contributed by atoms with E-state index >= 15 is 0 Å². The number of Topliss-reactive ketones (excluding diaryl/α,β-unsaturated/α-hetero) is 2. The molecule has 4 heterocycles. The highest BCUT2D eigenvalue weighted by Crippen LogP contribution is 2.58. The molecule has 0 aliphatic carbocycles. The number of allylic oxidation sites excluding steroid dienone is 1. The van der Waals surface area contributed by atoms with Crippen LogP contribution < -0.4 is 15.0 Å². The minimum Gasteiger partial charge on any atom is -0.497 e. The Labute approximate surface area is 237 Å². The quantitative estimate of drug-likeness (QED) is 0.344. The number of amides is 1. The molecule has 1 aromatic heterocycles. The number of anilines is 2. The van der Waals surface area contributed by atoms with Crippen molar-refractivity contribution in [1.82, 2.24) is 4.98 Å². The van der Waals surface area contributed by atoms with E-state index in [4.69, 9.17) is 4.74 Å². The molecule has 1 amide bonds. The second-order valence-corrected chi connectivity index (χ2v) is 10.7. The monoisotopic (exact) mass is 541 g/mol. The molecule has 1 saturated heterocycles. The summed E-state index contributed by atoms with van der Waals surface area (Å²) in [6, 6.07) is 24.1. The van der Waals surface area contributed by atoms with Crippen LogP contribution in [0.15, 0.2) is 103 Å². The van der Waals surface area contributed by atoms with Gasteiger partial charge < -0.3 is 15.0 Å². The number of para-hydroxylation sites is 2. The Morgan fingerprint density at radius 1 is 0.902 bits per heavy atom. The van der Waals surface area contributed by atoms with E-state index in [-0.39, 0.29) is 17.5 Å². The maximum Gasteiger partial charge on any atom is 0.238 e. The van der Waals surface area contributed by atoms with Crippen LogP contribution in [0.2, 0.25) is 0 Å². The van der Waals surface area contributed by atoms with Crippen molar-refractivity contribution < 1.29 is 19.1 Å². The van der Waals surface area contributed by atoms with E-state index in [0.717, 1.165) is 22.4 Å². The summed E-state index contributed by atoms with van der Waals surface area (Å²) >= 11 is 0. The first kappa shape index (κ1) is 25.0. The Kier molecular flexibility index (Phi) is 5.64. The first-order valence-electron chi connectivity index (χ1n) is 13.6. The third-order valence-corrected chi connectivity index (χ3v) is 8.75. The smallest absolute Gasteiger partial charge is 0.238 e. The summed E-state index contributed by atoms with van der Waals surface area (Å²) < 4.78 is 5.43. The Balaban J connectivity index is 1.55. The molecule has 1 spiro atoms. The summed E-state index contributed by atoms with van der Waals surface area (Å²) in [5.41, 5.74) is 3.60. The first-order valence-corrected chi connectivity index (χ1v) is 13.6. The van der Waals surface area contributed by atoms with Gasteiger partial charge in [0.15, 0.2) is 11.6 Å². The van der Waals surface area contributed by atoms with Crippen LogP contribution in [0.25, 0.3) is 5.57 Å². The van der Waals surface area contributed by atoms with Crippen LogP contribution in [0.3, 0.4) is 0 Å². The number of nitrogens with one attached hydrogen (secondary N) is 1. The molecule has 4 atom stereocenters. The number of ether oxygens (including phenoxy) is 1. The summed E-state index contributed by atoms with van der Waals surface area (Å²) in [5, 5.41) is 3.07. The highest BCUT2D eigenvalue weighted by Gasteiger charge is 2.70. The van der Waals surface area contributed by atoms with Crippen LogP contribution in [0.4, 0.5) is 11.4 Å². The number of methoxy groups -OCH3 is 1. The molecule has 3 aliphatic heterocycles. The zero-order valence-electron chi connectivity index (χ0n) is 22.6. The average Bonchev–Trinajstić information content (AvgIpc) is 3.49. The summed E-state index contributed by atoms with van der Waals surface area (Å²) in [6.45, 7) is 2.01. The SMILES string of the molecule is COc1cccc(C(=O)[C@H]2[C@@H](C(=O)c3ccncc3)[C@]3(C(=O)Nc4ccccc43)[C@@H]3C=C(C)c4ccccc4N32)c1. The van der Waals surface area contributed by atoms with Crippen molar-refractivity contribution in [2.24, 2.45) is 5.92 Å². The highest BCUT2D eigenvalue weighted by molar-refractivity contribution is 6.18. The molecule has 0 radical (unpaired) electrons. The molecular weight excluding hydrogens is 514 g/mol. The predicted molar refractivity (Wildman–Crippen MR) is 156 cm³/mol. The molecule has 7 rings (SSSR count). The molecule has 7 nitrogen and oxygen atoms in total. The lowest BCUT2D eigenvalue weighted by atomic mass is 9.64. The zero-order valence-corrected chi connectivity index (χ0v) is 22.6. The number of carbonyl (C=O) groups is 3. The molecule has 4 aromatic rings. The number of hydrogen-bond acceptors (Lipinski definition) is 6. The van der Waals surface area contributed by atoms with Crippen molar-refractivity contribution >= 4 is 34.4 Å². The van der Waals surface area contributed by atoms with Crippen molar-refractivity contribution in [1.29, 1.82) is 0 Å². The van der Waals surface area contributed by atoms with Gasteiger partial charge in [-0.25, -0.2) is 0 Å². The molecule has 41 heavy (non-hydrogen) atoms. The van der Waals surface area contributed by atoms with E-state index in [0.29, 0.717) is 22.6 Å². The van der Waals surface area contributed by atoms with Gasteiger partial charge in [0.2, 0.25) is 5.91 Å². The Morgan fingerprint density at radius 2 is 1.66 bits per heavy atom. The minimum atomic E-state index is -1.36. The average molecular weight is 542 g/mol. The fourth-order valence-electron chi connectivity index (χ4n) is 7.03. The van der Waals surface area contributed by atoms with Gasteiger partial charge in [-0.15, -0.1) is 0 Å². The van der Waals surface area contributed by atoms with E-state index in [1.807, 2.05) is 60.4 Å². The summed E-state index contributed by atoms with van der Waals surface area (Å²) in [4.78, 5) is 50.0. The maximum atomic E-state index is 14.8. The van der Waals surface area contributed by atoms with Crippen LogP contribution in [-0.4, -0.2) is 41.7 Å². The second kappa shape index (κ2) is 9.27. The number of aromatic nitrogens is 1.